The first kappa shape index (κ1) is 28.6. The van der Waals surface area contributed by atoms with E-state index in [1.807, 2.05) is 36.4 Å². The first-order valence-corrected chi connectivity index (χ1v) is 17.4. The van der Waals surface area contributed by atoms with Gasteiger partial charge in [-0.3, -0.25) is 0 Å². The lowest BCUT2D eigenvalue weighted by Gasteiger charge is -2.12. The number of para-hydroxylation sites is 1. The molecular formula is C45H27N3OS. The Kier molecular flexibility index (Phi) is 6.64. The molecule has 0 aliphatic rings. The smallest absolute Gasteiger partial charge is 0.165 e. The van der Waals surface area contributed by atoms with Gasteiger partial charge in [0.25, 0.3) is 0 Å². The summed E-state index contributed by atoms with van der Waals surface area (Å²) in [5.74, 6) is 1.93. The fourth-order valence-corrected chi connectivity index (χ4v) is 8.18. The number of rotatable bonds is 5. The minimum absolute atomic E-state index is 0.626. The standard InChI is InChI=1S/C45H27N3OS/c1-3-13-28(14-4-1)32-26-37(41-35-20-7-9-23-38(35)49-39(41)27-32)30-17-11-18-31(25-30)44-46-43(29-15-5-2-6-16-29)47-45(48-44)36-22-12-21-34-33-19-8-10-24-40(33)50-42(34)36/h1-27H. The van der Waals surface area contributed by atoms with Gasteiger partial charge in [-0.05, 0) is 58.7 Å². The Bertz CT molecular complexity index is 2870. The third-order valence-corrected chi connectivity index (χ3v) is 10.5. The third kappa shape index (κ3) is 4.79. The van der Waals surface area contributed by atoms with Crippen molar-refractivity contribution in [1.82, 2.24) is 15.0 Å². The molecule has 7 aromatic carbocycles. The molecule has 0 aliphatic heterocycles. The quantitative estimate of drug-likeness (QED) is 0.185. The van der Waals surface area contributed by atoms with Crippen molar-refractivity contribution in [3.63, 3.8) is 0 Å². The maximum atomic E-state index is 6.45. The summed E-state index contributed by atoms with van der Waals surface area (Å²) in [6.07, 6.45) is 0. The molecule has 0 radical (unpaired) electrons. The van der Waals surface area contributed by atoms with E-state index in [0.717, 1.165) is 60.9 Å². The van der Waals surface area contributed by atoms with Crippen LogP contribution in [-0.2, 0) is 0 Å². The largest absolute Gasteiger partial charge is 0.456 e. The SMILES string of the molecule is c1ccc(-c2cc(-c3cccc(-c4nc(-c5ccccc5)nc(-c5cccc6c5sc5ccccc56)n4)c3)c3c(c2)oc2ccccc23)cc1. The maximum Gasteiger partial charge on any atom is 0.165 e. The first-order valence-electron chi connectivity index (χ1n) is 16.6. The number of aromatic nitrogens is 3. The van der Waals surface area contributed by atoms with E-state index < -0.39 is 0 Å². The van der Waals surface area contributed by atoms with Gasteiger partial charge in [0.05, 0.1) is 0 Å². The predicted octanol–water partition coefficient (Wildman–Crippen LogP) is 12.5. The lowest BCUT2D eigenvalue weighted by atomic mass is 9.93. The minimum Gasteiger partial charge on any atom is -0.456 e. The molecule has 10 rings (SSSR count). The first-order chi connectivity index (χ1) is 24.8. The molecule has 0 bridgehead atoms. The lowest BCUT2D eigenvalue weighted by Crippen LogP contribution is -2.00. The van der Waals surface area contributed by atoms with Gasteiger partial charge in [0, 0.05) is 47.6 Å². The lowest BCUT2D eigenvalue weighted by molar-refractivity contribution is 0.669. The van der Waals surface area contributed by atoms with E-state index in [9.17, 15) is 0 Å². The highest BCUT2D eigenvalue weighted by Gasteiger charge is 2.19. The molecule has 234 valence electrons. The van der Waals surface area contributed by atoms with Crippen LogP contribution < -0.4 is 0 Å². The third-order valence-electron chi connectivity index (χ3n) is 9.33. The summed E-state index contributed by atoms with van der Waals surface area (Å²) in [6, 6.07) is 56.8. The molecule has 0 unspecified atom stereocenters. The van der Waals surface area contributed by atoms with Gasteiger partial charge in [-0.15, -0.1) is 11.3 Å². The van der Waals surface area contributed by atoms with Gasteiger partial charge >= 0.3 is 0 Å². The van der Waals surface area contributed by atoms with Gasteiger partial charge in [-0.25, -0.2) is 15.0 Å². The summed E-state index contributed by atoms with van der Waals surface area (Å²) in [5.41, 5.74) is 8.99. The minimum atomic E-state index is 0.626. The zero-order chi connectivity index (χ0) is 33.0. The van der Waals surface area contributed by atoms with Crippen molar-refractivity contribution >= 4 is 53.4 Å². The van der Waals surface area contributed by atoms with E-state index in [1.54, 1.807) is 11.3 Å². The number of hydrogen-bond donors (Lipinski definition) is 0. The van der Waals surface area contributed by atoms with Crippen LogP contribution in [0.15, 0.2) is 168 Å². The normalized spacial score (nSPS) is 11.6. The van der Waals surface area contributed by atoms with Crippen LogP contribution in [-0.4, -0.2) is 15.0 Å². The summed E-state index contributed by atoms with van der Waals surface area (Å²) < 4.78 is 8.86. The number of benzene rings is 7. The molecule has 0 atom stereocenters. The van der Waals surface area contributed by atoms with Crippen molar-refractivity contribution in [2.75, 3.05) is 0 Å². The second-order valence-electron chi connectivity index (χ2n) is 12.4. The predicted molar refractivity (Wildman–Crippen MR) is 207 cm³/mol. The van der Waals surface area contributed by atoms with Crippen molar-refractivity contribution in [2.45, 2.75) is 0 Å². The van der Waals surface area contributed by atoms with Crippen LogP contribution in [0.5, 0.6) is 0 Å². The van der Waals surface area contributed by atoms with Crippen molar-refractivity contribution in [1.29, 1.82) is 0 Å². The van der Waals surface area contributed by atoms with Crippen LogP contribution in [0.4, 0.5) is 0 Å². The average molecular weight is 658 g/mol. The second-order valence-corrected chi connectivity index (χ2v) is 13.4. The topological polar surface area (TPSA) is 51.8 Å². The van der Waals surface area contributed by atoms with Crippen molar-refractivity contribution < 1.29 is 4.42 Å². The Morgan fingerprint density at radius 3 is 1.84 bits per heavy atom. The molecular weight excluding hydrogens is 631 g/mol. The maximum absolute atomic E-state index is 6.45. The monoisotopic (exact) mass is 657 g/mol. The van der Waals surface area contributed by atoms with Crippen LogP contribution in [0.3, 0.4) is 0 Å². The van der Waals surface area contributed by atoms with Gasteiger partial charge in [-0.2, -0.15) is 0 Å². The fourth-order valence-electron chi connectivity index (χ4n) is 6.97. The summed E-state index contributed by atoms with van der Waals surface area (Å²) in [7, 11) is 0. The number of fused-ring (bicyclic) bond motifs is 6. The molecule has 0 saturated carbocycles. The Balaban J connectivity index is 1.19. The van der Waals surface area contributed by atoms with Crippen molar-refractivity contribution in [3.05, 3.63) is 164 Å². The van der Waals surface area contributed by atoms with Crippen LogP contribution >= 0.6 is 11.3 Å². The molecule has 0 spiro atoms. The highest BCUT2D eigenvalue weighted by molar-refractivity contribution is 7.26. The van der Waals surface area contributed by atoms with Crippen LogP contribution in [0, 0.1) is 0 Å². The number of hydrogen-bond acceptors (Lipinski definition) is 5. The zero-order valence-corrected chi connectivity index (χ0v) is 27.6. The Morgan fingerprint density at radius 2 is 1.00 bits per heavy atom. The fraction of sp³-hybridized carbons (Fsp3) is 0. The number of thiophene rings is 1. The summed E-state index contributed by atoms with van der Waals surface area (Å²) in [6.45, 7) is 0. The molecule has 0 amide bonds. The Morgan fingerprint density at radius 1 is 0.380 bits per heavy atom. The molecule has 10 aromatic rings. The van der Waals surface area contributed by atoms with Gasteiger partial charge in [0.15, 0.2) is 17.5 Å². The zero-order valence-electron chi connectivity index (χ0n) is 26.7. The summed E-state index contributed by atoms with van der Waals surface area (Å²) in [5, 5.41) is 4.64. The molecule has 0 fully saturated rings. The second kappa shape index (κ2) is 11.6. The number of furan rings is 1. The van der Waals surface area contributed by atoms with E-state index in [-0.39, 0.29) is 0 Å². The van der Waals surface area contributed by atoms with E-state index in [1.165, 1.54) is 20.2 Å². The van der Waals surface area contributed by atoms with Crippen LogP contribution in [0.25, 0.3) is 98.5 Å². The molecule has 0 saturated heterocycles. The molecule has 5 heteroatoms. The van der Waals surface area contributed by atoms with Crippen LogP contribution in [0.2, 0.25) is 0 Å². The summed E-state index contributed by atoms with van der Waals surface area (Å²) in [4.78, 5) is 15.4. The van der Waals surface area contributed by atoms with Gasteiger partial charge in [0.2, 0.25) is 0 Å². The molecule has 4 nitrogen and oxygen atoms in total. The Hall–Kier alpha value is -6.43. The molecule has 0 N–H and O–H groups in total. The molecule has 50 heavy (non-hydrogen) atoms. The molecule has 3 heterocycles. The van der Waals surface area contributed by atoms with E-state index in [4.69, 9.17) is 19.4 Å². The van der Waals surface area contributed by atoms with Gasteiger partial charge in [0.1, 0.15) is 11.2 Å². The average Bonchev–Trinajstić information content (AvgIpc) is 3.77. The Labute approximate surface area is 292 Å². The summed E-state index contributed by atoms with van der Waals surface area (Å²) >= 11 is 1.78. The highest BCUT2D eigenvalue weighted by Crippen LogP contribution is 2.42. The van der Waals surface area contributed by atoms with Gasteiger partial charge < -0.3 is 4.42 Å². The van der Waals surface area contributed by atoms with E-state index in [0.29, 0.717) is 17.5 Å². The highest BCUT2D eigenvalue weighted by atomic mass is 32.1. The molecule has 3 aromatic heterocycles. The van der Waals surface area contributed by atoms with E-state index in [2.05, 4.69) is 127 Å². The van der Waals surface area contributed by atoms with Gasteiger partial charge in [-0.1, -0.05) is 127 Å². The molecule has 0 aliphatic carbocycles. The van der Waals surface area contributed by atoms with Crippen molar-refractivity contribution in [3.8, 4) is 56.4 Å². The van der Waals surface area contributed by atoms with E-state index >= 15 is 0 Å². The number of nitrogens with zero attached hydrogens (tertiary/aromatic N) is 3. The van der Waals surface area contributed by atoms with Crippen LogP contribution in [0.1, 0.15) is 0 Å². The van der Waals surface area contributed by atoms with Crippen molar-refractivity contribution in [2.24, 2.45) is 0 Å².